The number of benzene rings is 2. The van der Waals surface area contributed by atoms with Crippen LogP contribution in [0.2, 0.25) is 0 Å². The number of unbranched alkanes of at least 4 members (excludes halogenated alkanes) is 2. The van der Waals surface area contributed by atoms with Crippen molar-refractivity contribution in [3.8, 4) is 16.9 Å². The summed E-state index contributed by atoms with van der Waals surface area (Å²) >= 11 is 0. The number of carbonyl (C=O) groups is 1. The Morgan fingerprint density at radius 3 is 2.44 bits per heavy atom. The van der Waals surface area contributed by atoms with Crippen LogP contribution in [-0.2, 0) is 11.2 Å². The molecule has 0 aliphatic heterocycles. The Hall–Kier alpha value is -2.39. The highest BCUT2D eigenvalue weighted by Gasteiger charge is 2.09. The van der Waals surface area contributed by atoms with Crippen molar-refractivity contribution >= 4 is 5.97 Å². The molecule has 0 aromatic heterocycles. The molecule has 2 aromatic carbocycles. The molecule has 3 heteroatoms. The number of aliphatic hydroxyl groups is 1. The lowest BCUT2D eigenvalue weighted by molar-refractivity contribution is -0.130. The first-order valence-electron chi connectivity index (χ1n) is 8.76. The van der Waals surface area contributed by atoms with Crippen molar-refractivity contribution in [2.75, 3.05) is 6.61 Å². The van der Waals surface area contributed by atoms with Crippen molar-refractivity contribution in [3.05, 3.63) is 65.7 Å². The van der Waals surface area contributed by atoms with Gasteiger partial charge in [-0.15, -0.1) is 0 Å². The Kier molecular flexibility index (Phi) is 6.96. The molecule has 2 aromatic rings. The molecule has 1 N–H and O–H groups in total. The Bertz CT molecular complexity index is 729. The normalized spacial score (nSPS) is 10.5. The van der Waals surface area contributed by atoms with Gasteiger partial charge in [-0.1, -0.05) is 56.7 Å². The molecule has 0 aliphatic carbocycles. The number of hydrogen-bond acceptors (Lipinski definition) is 3. The van der Waals surface area contributed by atoms with Crippen LogP contribution >= 0.6 is 0 Å². The predicted octanol–water partition coefficient (Wildman–Crippen LogP) is 4.85. The lowest BCUT2D eigenvalue weighted by atomic mass is 9.96. The molecule has 0 radical (unpaired) electrons. The van der Waals surface area contributed by atoms with E-state index in [1.54, 1.807) is 12.1 Å². The lowest BCUT2D eigenvalue weighted by Gasteiger charge is -2.10. The van der Waals surface area contributed by atoms with Crippen LogP contribution < -0.4 is 4.74 Å². The molecule has 0 heterocycles. The number of carbonyl (C=O) groups excluding carboxylic acids is 1. The van der Waals surface area contributed by atoms with Crippen molar-refractivity contribution < 1.29 is 14.6 Å². The van der Waals surface area contributed by atoms with E-state index in [-0.39, 0.29) is 5.57 Å². The first-order chi connectivity index (χ1) is 12.0. The fraction of sp³-hybridized carbons (Fsp3) is 0.318. The first-order valence-corrected chi connectivity index (χ1v) is 8.76. The molecule has 0 aliphatic rings. The maximum absolute atomic E-state index is 11.6. The molecule has 2 rings (SSSR count). The summed E-state index contributed by atoms with van der Waals surface area (Å²) in [5.41, 5.74) is 4.92. The standard InChI is InChI=1S/C22H26O3/c1-4-5-6-7-18-8-13-21(16(2)14-18)19-9-11-20(12-10-19)25-22(24)17(3)15-23/h8-14,23H,3-7,15H2,1-2H3. The van der Waals surface area contributed by atoms with Gasteiger partial charge in [0.15, 0.2) is 0 Å². The van der Waals surface area contributed by atoms with E-state index in [4.69, 9.17) is 9.84 Å². The Labute approximate surface area is 150 Å². The second-order valence-corrected chi connectivity index (χ2v) is 6.28. The Balaban J connectivity index is 2.09. The summed E-state index contributed by atoms with van der Waals surface area (Å²) in [6.07, 6.45) is 4.86. The maximum Gasteiger partial charge on any atom is 0.341 e. The van der Waals surface area contributed by atoms with E-state index in [1.807, 2.05) is 12.1 Å². The van der Waals surface area contributed by atoms with Gasteiger partial charge in [0.05, 0.1) is 12.2 Å². The van der Waals surface area contributed by atoms with Crippen LogP contribution in [0.1, 0.15) is 37.3 Å². The summed E-state index contributed by atoms with van der Waals surface area (Å²) in [5.74, 6) is -0.167. The zero-order valence-corrected chi connectivity index (χ0v) is 15.0. The van der Waals surface area contributed by atoms with Crippen LogP contribution in [-0.4, -0.2) is 17.7 Å². The zero-order chi connectivity index (χ0) is 18.2. The molecule has 0 bridgehead atoms. The summed E-state index contributed by atoms with van der Waals surface area (Å²) in [5, 5.41) is 8.90. The average Bonchev–Trinajstić information content (AvgIpc) is 2.62. The molecule has 0 saturated carbocycles. The van der Waals surface area contributed by atoms with Crippen molar-refractivity contribution in [3.63, 3.8) is 0 Å². The quantitative estimate of drug-likeness (QED) is 0.324. The number of aliphatic hydroxyl groups excluding tert-OH is 1. The van der Waals surface area contributed by atoms with Crippen LogP contribution in [0.15, 0.2) is 54.6 Å². The number of hydrogen-bond donors (Lipinski definition) is 1. The monoisotopic (exact) mass is 338 g/mol. The second kappa shape index (κ2) is 9.19. The maximum atomic E-state index is 11.6. The molecule has 0 amide bonds. The van der Waals surface area contributed by atoms with Gasteiger partial charge in [-0.2, -0.15) is 0 Å². The molecule has 0 fully saturated rings. The molecule has 0 spiro atoms. The van der Waals surface area contributed by atoms with Gasteiger partial charge in [0.25, 0.3) is 0 Å². The number of ether oxygens (including phenoxy) is 1. The van der Waals surface area contributed by atoms with Gasteiger partial charge >= 0.3 is 5.97 Å². The van der Waals surface area contributed by atoms with E-state index in [0.29, 0.717) is 5.75 Å². The van der Waals surface area contributed by atoms with Crippen molar-refractivity contribution in [1.82, 2.24) is 0 Å². The first kappa shape index (κ1) is 18.9. The third-order valence-electron chi connectivity index (χ3n) is 4.22. The van der Waals surface area contributed by atoms with Crippen LogP contribution in [0, 0.1) is 6.92 Å². The third-order valence-corrected chi connectivity index (χ3v) is 4.22. The molecule has 0 saturated heterocycles. The van der Waals surface area contributed by atoms with Crippen molar-refractivity contribution in [2.45, 2.75) is 39.5 Å². The van der Waals surface area contributed by atoms with Gasteiger partial charge in [0.1, 0.15) is 5.75 Å². The van der Waals surface area contributed by atoms with Crippen LogP contribution in [0.5, 0.6) is 5.75 Å². The van der Waals surface area contributed by atoms with E-state index >= 15 is 0 Å². The van der Waals surface area contributed by atoms with Crippen molar-refractivity contribution in [1.29, 1.82) is 0 Å². The summed E-state index contributed by atoms with van der Waals surface area (Å²) in [6.45, 7) is 7.39. The summed E-state index contributed by atoms with van der Waals surface area (Å²) in [4.78, 5) is 11.6. The highest BCUT2D eigenvalue weighted by molar-refractivity contribution is 5.89. The van der Waals surface area contributed by atoms with Gasteiger partial charge in [-0.3, -0.25) is 0 Å². The molecule has 3 nitrogen and oxygen atoms in total. The highest BCUT2D eigenvalue weighted by atomic mass is 16.5. The van der Waals surface area contributed by atoms with E-state index in [0.717, 1.165) is 12.0 Å². The molecular weight excluding hydrogens is 312 g/mol. The predicted molar refractivity (Wildman–Crippen MR) is 102 cm³/mol. The van der Waals surface area contributed by atoms with Crippen LogP contribution in [0.4, 0.5) is 0 Å². The topological polar surface area (TPSA) is 46.5 Å². The summed E-state index contributed by atoms with van der Waals surface area (Å²) in [6, 6.07) is 14.0. The van der Waals surface area contributed by atoms with Gasteiger partial charge in [0.2, 0.25) is 0 Å². The van der Waals surface area contributed by atoms with E-state index < -0.39 is 12.6 Å². The molecular formula is C22H26O3. The van der Waals surface area contributed by atoms with E-state index in [2.05, 4.69) is 38.6 Å². The average molecular weight is 338 g/mol. The SMILES string of the molecule is C=C(CO)C(=O)Oc1ccc(-c2ccc(CCCCC)cc2C)cc1. The lowest BCUT2D eigenvalue weighted by Crippen LogP contribution is -2.12. The van der Waals surface area contributed by atoms with Gasteiger partial charge in [-0.25, -0.2) is 4.79 Å². The van der Waals surface area contributed by atoms with Crippen LogP contribution in [0.25, 0.3) is 11.1 Å². The summed E-state index contributed by atoms with van der Waals surface area (Å²) < 4.78 is 5.16. The van der Waals surface area contributed by atoms with E-state index in [9.17, 15) is 4.79 Å². The van der Waals surface area contributed by atoms with Gasteiger partial charge in [-0.05, 0) is 54.2 Å². The highest BCUT2D eigenvalue weighted by Crippen LogP contribution is 2.27. The largest absolute Gasteiger partial charge is 0.423 e. The minimum atomic E-state index is -0.608. The molecule has 25 heavy (non-hydrogen) atoms. The molecule has 0 atom stereocenters. The van der Waals surface area contributed by atoms with E-state index in [1.165, 1.54) is 36.0 Å². The smallest absolute Gasteiger partial charge is 0.341 e. The van der Waals surface area contributed by atoms with Gasteiger partial charge < -0.3 is 9.84 Å². The Morgan fingerprint density at radius 1 is 1.12 bits per heavy atom. The van der Waals surface area contributed by atoms with Crippen LogP contribution in [0.3, 0.4) is 0 Å². The number of aryl methyl sites for hydroxylation is 2. The third kappa shape index (κ3) is 5.30. The number of rotatable bonds is 8. The molecule has 0 unspecified atom stereocenters. The molecule has 132 valence electrons. The minimum Gasteiger partial charge on any atom is -0.423 e. The Morgan fingerprint density at radius 2 is 1.84 bits per heavy atom. The minimum absolute atomic E-state index is 0.0404. The zero-order valence-electron chi connectivity index (χ0n) is 15.0. The fourth-order valence-corrected chi connectivity index (χ4v) is 2.73. The number of esters is 1. The van der Waals surface area contributed by atoms with Gasteiger partial charge in [0, 0.05) is 0 Å². The second-order valence-electron chi connectivity index (χ2n) is 6.28. The summed E-state index contributed by atoms with van der Waals surface area (Å²) in [7, 11) is 0. The fourth-order valence-electron chi connectivity index (χ4n) is 2.73. The van der Waals surface area contributed by atoms with Crippen molar-refractivity contribution in [2.24, 2.45) is 0 Å².